The zero-order chi connectivity index (χ0) is 16.3. The number of piperidine rings is 1. The van der Waals surface area contributed by atoms with Gasteiger partial charge in [0.05, 0.1) is 22.7 Å². The molecule has 0 spiro atoms. The van der Waals surface area contributed by atoms with E-state index in [-0.39, 0.29) is 5.91 Å². The molecule has 1 fully saturated rings. The van der Waals surface area contributed by atoms with Gasteiger partial charge in [0.25, 0.3) is 0 Å². The van der Waals surface area contributed by atoms with Crippen LogP contribution in [-0.4, -0.2) is 41.0 Å². The van der Waals surface area contributed by atoms with Crippen molar-refractivity contribution in [1.82, 2.24) is 4.90 Å². The lowest BCUT2D eigenvalue weighted by Crippen LogP contribution is -2.48. The molecular formula is C15H18Cl2N2O3. The van der Waals surface area contributed by atoms with Crippen LogP contribution in [-0.2, 0) is 9.59 Å². The minimum atomic E-state index is -0.810. The van der Waals surface area contributed by atoms with Crippen LogP contribution >= 0.6 is 23.2 Å². The van der Waals surface area contributed by atoms with E-state index in [0.717, 1.165) is 6.42 Å². The molecule has 1 aliphatic rings. The first-order chi connectivity index (χ1) is 10.4. The van der Waals surface area contributed by atoms with Gasteiger partial charge in [0, 0.05) is 11.6 Å². The Kier molecular flexibility index (Phi) is 5.67. The molecule has 120 valence electrons. The summed E-state index contributed by atoms with van der Waals surface area (Å²) in [6.45, 7) is 2.85. The second kappa shape index (κ2) is 7.31. The number of nitrogens with zero attached hydrogens (tertiary/aromatic N) is 1. The SMILES string of the molecule is CC(C(=O)Nc1cc(Cl)ccc1Cl)N1CCCC(C(=O)O)C1. The number of carbonyl (C=O) groups is 2. The Balaban J connectivity index is 2.02. The Bertz CT molecular complexity index is 580. The third-order valence-corrected chi connectivity index (χ3v) is 4.48. The lowest BCUT2D eigenvalue weighted by Gasteiger charge is -2.34. The topological polar surface area (TPSA) is 69.6 Å². The van der Waals surface area contributed by atoms with Crippen molar-refractivity contribution in [2.24, 2.45) is 5.92 Å². The highest BCUT2D eigenvalue weighted by Crippen LogP contribution is 2.26. The van der Waals surface area contributed by atoms with E-state index in [1.54, 1.807) is 25.1 Å². The predicted octanol–water partition coefficient (Wildman–Crippen LogP) is 3.12. The van der Waals surface area contributed by atoms with Crippen molar-refractivity contribution in [3.8, 4) is 0 Å². The van der Waals surface area contributed by atoms with E-state index in [1.807, 2.05) is 4.90 Å². The standard InChI is InChI=1S/C15H18Cl2N2O3/c1-9(19-6-2-3-10(8-19)15(21)22)14(20)18-13-7-11(16)4-5-12(13)17/h4-5,7,9-10H,2-3,6,8H2,1H3,(H,18,20)(H,21,22). The molecular weight excluding hydrogens is 327 g/mol. The van der Waals surface area contributed by atoms with Crippen molar-refractivity contribution in [2.45, 2.75) is 25.8 Å². The van der Waals surface area contributed by atoms with Crippen LogP contribution < -0.4 is 5.32 Å². The fourth-order valence-corrected chi connectivity index (χ4v) is 2.89. The van der Waals surface area contributed by atoms with Crippen LogP contribution in [0.2, 0.25) is 10.0 Å². The highest BCUT2D eigenvalue weighted by molar-refractivity contribution is 6.35. The molecule has 2 atom stereocenters. The molecule has 0 saturated carbocycles. The van der Waals surface area contributed by atoms with Gasteiger partial charge in [0.1, 0.15) is 0 Å². The molecule has 1 aromatic carbocycles. The van der Waals surface area contributed by atoms with Gasteiger partial charge >= 0.3 is 5.97 Å². The molecule has 2 N–H and O–H groups in total. The monoisotopic (exact) mass is 344 g/mol. The summed E-state index contributed by atoms with van der Waals surface area (Å²) in [7, 11) is 0. The maximum absolute atomic E-state index is 12.3. The van der Waals surface area contributed by atoms with Crippen molar-refractivity contribution in [1.29, 1.82) is 0 Å². The fourth-order valence-electron chi connectivity index (χ4n) is 2.56. The number of anilines is 1. The van der Waals surface area contributed by atoms with Gasteiger partial charge in [0.15, 0.2) is 0 Å². The number of carboxylic acid groups (broad SMARTS) is 1. The number of aliphatic carboxylic acids is 1. The quantitative estimate of drug-likeness (QED) is 0.880. The lowest BCUT2D eigenvalue weighted by molar-refractivity contribution is -0.144. The van der Waals surface area contributed by atoms with Crippen molar-refractivity contribution < 1.29 is 14.7 Å². The summed E-state index contributed by atoms with van der Waals surface area (Å²) in [5, 5.41) is 12.8. The van der Waals surface area contributed by atoms with Crippen LogP contribution in [0.3, 0.4) is 0 Å². The van der Waals surface area contributed by atoms with Crippen LogP contribution in [0.1, 0.15) is 19.8 Å². The Morgan fingerprint density at radius 3 is 2.82 bits per heavy atom. The molecule has 0 aromatic heterocycles. The summed E-state index contributed by atoms with van der Waals surface area (Å²) >= 11 is 11.9. The van der Waals surface area contributed by atoms with Crippen molar-refractivity contribution >= 4 is 40.8 Å². The minimum absolute atomic E-state index is 0.227. The number of rotatable bonds is 4. The first kappa shape index (κ1) is 17.1. The molecule has 5 nitrogen and oxygen atoms in total. The third-order valence-electron chi connectivity index (χ3n) is 3.92. The van der Waals surface area contributed by atoms with E-state index in [9.17, 15) is 9.59 Å². The normalized spacial score (nSPS) is 20.4. The second-order valence-electron chi connectivity index (χ2n) is 5.46. The molecule has 2 rings (SSSR count). The molecule has 0 bridgehead atoms. The van der Waals surface area contributed by atoms with Crippen LogP contribution in [0.4, 0.5) is 5.69 Å². The first-order valence-corrected chi connectivity index (χ1v) is 7.87. The molecule has 1 amide bonds. The van der Waals surface area contributed by atoms with E-state index < -0.39 is 17.9 Å². The highest BCUT2D eigenvalue weighted by Gasteiger charge is 2.30. The van der Waals surface area contributed by atoms with E-state index >= 15 is 0 Å². The summed E-state index contributed by atoms with van der Waals surface area (Å²) in [5.41, 5.74) is 0.456. The van der Waals surface area contributed by atoms with Crippen LogP contribution in [0.15, 0.2) is 18.2 Å². The smallest absolute Gasteiger partial charge is 0.307 e. The minimum Gasteiger partial charge on any atom is -0.481 e. The number of carbonyl (C=O) groups excluding carboxylic acids is 1. The van der Waals surface area contributed by atoms with Crippen molar-refractivity contribution in [3.05, 3.63) is 28.2 Å². The number of likely N-dealkylation sites (tertiary alicyclic amines) is 1. The number of benzene rings is 1. The average Bonchev–Trinajstić information content (AvgIpc) is 2.50. The molecule has 2 unspecified atom stereocenters. The molecule has 7 heteroatoms. The molecule has 0 radical (unpaired) electrons. The molecule has 1 aliphatic heterocycles. The number of carboxylic acids is 1. The average molecular weight is 345 g/mol. The highest BCUT2D eigenvalue weighted by atomic mass is 35.5. The molecule has 1 aromatic rings. The van der Waals surface area contributed by atoms with E-state index in [4.69, 9.17) is 28.3 Å². The van der Waals surface area contributed by atoms with E-state index in [1.165, 1.54) is 0 Å². The zero-order valence-corrected chi connectivity index (χ0v) is 13.7. The maximum Gasteiger partial charge on any atom is 0.307 e. The van der Waals surface area contributed by atoms with Gasteiger partial charge in [-0.2, -0.15) is 0 Å². The summed E-state index contributed by atoms with van der Waals surface area (Å²) in [5.74, 6) is -1.45. The summed E-state index contributed by atoms with van der Waals surface area (Å²) in [4.78, 5) is 25.3. The number of hydrogen-bond acceptors (Lipinski definition) is 3. The van der Waals surface area contributed by atoms with Gasteiger partial charge in [-0.1, -0.05) is 23.2 Å². The Labute approximate surface area is 139 Å². The number of amides is 1. The lowest BCUT2D eigenvalue weighted by atomic mass is 9.97. The molecule has 0 aliphatic carbocycles. The Morgan fingerprint density at radius 1 is 1.41 bits per heavy atom. The Morgan fingerprint density at radius 2 is 2.14 bits per heavy atom. The largest absolute Gasteiger partial charge is 0.481 e. The first-order valence-electron chi connectivity index (χ1n) is 7.11. The number of hydrogen-bond donors (Lipinski definition) is 2. The summed E-state index contributed by atoms with van der Waals surface area (Å²) in [6.07, 6.45) is 1.42. The van der Waals surface area contributed by atoms with Crippen LogP contribution in [0, 0.1) is 5.92 Å². The van der Waals surface area contributed by atoms with Gasteiger partial charge in [-0.05, 0) is 44.5 Å². The Hall–Kier alpha value is -1.30. The van der Waals surface area contributed by atoms with E-state index in [2.05, 4.69) is 5.32 Å². The molecule has 22 heavy (non-hydrogen) atoms. The zero-order valence-electron chi connectivity index (χ0n) is 12.2. The van der Waals surface area contributed by atoms with Gasteiger partial charge in [-0.3, -0.25) is 14.5 Å². The predicted molar refractivity (Wildman–Crippen MR) is 86.5 cm³/mol. The second-order valence-corrected chi connectivity index (χ2v) is 6.31. The van der Waals surface area contributed by atoms with E-state index in [0.29, 0.717) is 35.2 Å². The van der Waals surface area contributed by atoms with Gasteiger partial charge in [-0.15, -0.1) is 0 Å². The number of nitrogens with one attached hydrogen (secondary N) is 1. The van der Waals surface area contributed by atoms with Crippen molar-refractivity contribution in [2.75, 3.05) is 18.4 Å². The van der Waals surface area contributed by atoms with Crippen LogP contribution in [0.25, 0.3) is 0 Å². The molecule has 1 saturated heterocycles. The summed E-state index contributed by atoms with van der Waals surface area (Å²) < 4.78 is 0. The molecule has 1 heterocycles. The third kappa shape index (κ3) is 4.12. The number of halogens is 2. The van der Waals surface area contributed by atoms with Crippen LogP contribution in [0.5, 0.6) is 0 Å². The van der Waals surface area contributed by atoms with Gasteiger partial charge < -0.3 is 10.4 Å². The fraction of sp³-hybridized carbons (Fsp3) is 0.467. The van der Waals surface area contributed by atoms with Gasteiger partial charge in [-0.25, -0.2) is 0 Å². The summed E-state index contributed by atoms with van der Waals surface area (Å²) in [6, 6.07) is 4.42. The van der Waals surface area contributed by atoms with Gasteiger partial charge in [0.2, 0.25) is 5.91 Å². The van der Waals surface area contributed by atoms with Crippen molar-refractivity contribution in [3.63, 3.8) is 0 Å². The maximum atomic E-state index is 12.3.